The molecule has 8 nitrogen and oxygen atoms in total. The second kappa shape index (κ2) is 6.00. The summed E-state index contributed by atoms with van der Waals surface area (Å²) in [5, 5.41) is 14.1. The van der Waals surface area contributed by atoms with Crippen LogP contribution in [0.5, 0.6) is 0 Å². The summed E-state index contributed by atoms with van der Waals surface area (Å²) in [6.45, 7) is 6.10. The predicted octanol–water partition coefficient (Wildman–Crippen LogP) is 1.17. The number of hydrogen-bond donors (Lipinski definition) is 2. The van der Waals surface area contributed by atoms with Crippen molar-refractivity contribution in [1.82, 2.24) is 14.9 Å². The average molecular weight is 280 g/mol. The highest BCUT2D eigenvalue weighted by Crippen LogP contribution is 2.27. The molecule has 0 unspecified atom stereocenters. The quantitative estimate of drug-likeness (QED) is 0.569. The van der Waals surface area contributed by atoms with Crippen molar-refractivity contribution in [3.8, 4) is 0 Å². The molecule has 1 saturated carbocycles. The van der Waals surface area contributed by atoms with E-state index in [-0.39, 0.29) is 23.1 Å². The third-order valence-corrected chi connectivity index (χ3v) is 3.42. The number of hydrogen-bond acceptors (Lipinski definition) is 7. The third-order valence-electron chi connectivity index (χ3n) is 3.42. The van der Waals surface area contributed by atoms with E-state index in [1.54, 1.807) is 6.92 Å². The maximum Gasteiger partial charge on any atom is 0.332 e. The van der Waals surface area contributed by atoms with Crippen LogP contribution in [0.15, 0.2) is 0 Å². The number of nitrogens with zero attached hydrogens (tertiary/aromatic N) is 4. The molecule has 20 heavy (non-hydrogen) atoms. The Balaban J connectivity index is 2.02. The number of nitrogens with one attached hydrogen (secondary N) is 1. The van der Waals surface area contributed by atoms with Gasteiger partial charge in [-0.25, -0.2) is 4.98 Å². The molecule has 8 heteroatoms. The van der Waals surface area contributed by atoms with Crippen LogP contribution in [0.3, 0.4) is 0 Å². The zero-order valence-corrected chi connectivity index (χ0v) is 11.8. The number of aryl methyl sites for hydroxylation is 1. The zero-order chi connectivity index (χ0) is 14.7. The van der Waals surface area contributed by atoms with Gasteiger partial charge >= 0.3 is 5.69 Å². The van der Waals surface area contributed by atoms with E-state index in [0.29, 0.717) is 12.6 Å². The minimum atomic E-state index is -0.477. The minimum absolute atomic E-state index is 0.0464. The Morgan fingerprint density at radius 3 is 2.75 bits per heavy atom. The van der Waals surface area contributed by atoms with E-state index < -0.39 is 4.92 Å². The highest BCUT2D eigenvalue weighted by atomic mass is 16.6. The number of likely N-dealkylation sites (N-methyl/N-ethyl adjacent to an activating group) is 1. The van der Waals surface area contributed by atoms with Gasteiger partial charge < -0.3 is 11.1 Å². The summed E-state index contributed by atoms with van der Waals surface area (Å²) in [6.07, 6.45) is 2.49. The fraction of sp³-hybridized carbons (Fsp3) is 0.667. The van der Waals surface area contributed by atoms with Gasteiger partial charge in [0.1, 0.15) is 5.69 Å². The lowest BCUT2D eigenvalue weighted by Gasteiger charge is -2.19. The Morgan fingerprint density at radius 2 is 2.20 bits per heavy atom. The molecule has 0 aromatic carbocycles. The Bertz CT molecular complexity index is 503. The van der Waals surface area contributed by atoms with E-state index in [0.717, 1.165) is 13.1 Å². The predicted molar refractivity (Wildman–Crippen MR) is 76.6 cm³/mol. The number of nitrogen functional groups attached to an aromatic ring is 1. The van der Waals surface area contributed by atoms with Crippen molar-refractivity contribution in [3.05, 3.63) is 15.8 Å². The summed E-state index contributed by atoms with van der Waals surface area (Å²) in [5.41, 5.74) is 5.72. The monoisotopic (exact) mass is 280 g/mol. The summed E-state index contributed by atoms with van der Waals surface area (Å²) in [7, 11) is 0. The van der Waals surface area contributed by atoms with E-state index in [1.807, 2.05) is 0 Å². The van der Waals surface area contributed by atoms with Crippen LogP contribution < -0.4 is 11.1 Å². The molecule has 1 aromatic heterocycles. The van der Waals surface area contributed by atoms with Crippen molar-refractivity contribution in [1.29, 1.82) is 0 Å². The van der Waals surface area contributed by atoms with Gasteiger partial charge in [0.25, 0.3) is 0 Å². The van der Waals surface area contributed by atoms with E-state index >= 15 is 0 Å². The minimum Gasteiger partial charge on any atom is -0.368 e. The number of anilines is 2. The lowest BCUT2D eigenvalue weighted by Crippen LogP contribution is -2.31. The molecule has 0 bridgehead atoms. The topological polar surface area (TPSA) is 110 Å². The van der Waals surface area contributed by atoms with Crippen LogP contribution in [0.4, 0.5) is 17.5 Å². The molecule has 0 atom stereocenters. The molecule has 2 rings (SSSR count). The Labute approximate surface area is 117 Å². The lowest BCUT2D eigenvalue weighted by atomic mass is 10.3. The number of aromatic nitrogens is 2. The smallest absolute Gasteiger partial charge is 0.332 e. The normalized spacial score (nSPS) is 14.6. The summed E-state index contributed by atoms with van der Waals surface area (Å²) in [4.78, 5) is 20.7. The van der Waals surface area contributed by atoms with Crippen LogP contribution in [0.25, 0.3) is 0 Å². The number of nitrogens with two attached hydrogens (primary N) is 1. The van der Waals surface area contributed by atoms with Crippen molar-refractivity contribution >= 4 is 17.5 Å². The average Bonchev–Trinajstić information content (AvgIpc) is 3.17. The van der Waals surface area contributed by atoms with Gasteiger partial charge in [-0.2, -0.15) is 4.98 Å². The van der Waals surface area contributed by atoms with Crippen LogP contribution in [0.2, 0.25) is 0 Å². The molecule has 110 valence electrons. The molecule has 0 radical (unpaired) electrons. The molecule has 3 N–H and O–H groups in total. The molecule has 1 heterocycles. The van der Waals surface area contributed by atoms with E-state index in [2.05, 4.69) is 27.1 Å². The number of rotatable bonds is 7. The van der Waals surface area contributed by atoms with Gasteiger partial charge in [0.05, 0.1) is 4.92 Å². The van der Waals surface area contributed by atoms with Crippen molar-refractivity contribution in [2.75, 3.05) is 30.7 Å². The van der Waals surface area contributed by atoms with Crippen molar-refractivity contribution in [2.24, 2.45) is 0 Å². The second-order valence-electron chi connectivity index (χ2n) is 4.91. The second-order valence-corrected chi connectivity index (χ2v) is 4.91. The van der Waals surface area contributed by atoms with Crippen molar-refractivity contribution < 1.29 is 4.92 Å². The Morgan fingerprint density at radius 1 is 1.50 bits per heavy atom. The first-order chi connectivity index (χ1) is 9.52. The standard InChI is InChI=1S/C12H20N6O2/c1-3-17(9-4-5-9)7-6-14-11-10(18(19)20)8(2)15-12(13)16-11/h9H,3-7H2,1-2H3,(H3,13,14,15,16). The largest absolute Gasteiger partial charge is 0.368 e. The summed E-state index contributed by atoms with van der Waals surface area (Å²) in [6, 6.07) is 0.675. The molecule has 0 amide bonds. The van der Waals surface area contributed by atoms with E-state index in [1.165, 1.54) is 12.8 Å². The van der Waals surface area contributed by atoms with Crippen LogP contribution in [-0.4, -0.2) is 45.5 Å². The van der Waals surface area contributed by atoms with E-state index in [4.69, 9.17) is 5.73 Å². The number of nitro groups is 1. The van der Waals surface area contributed by atoms with Gasteiger partial charge in [0, 0.05) is 19.1 Å². The Kier molecular flexibility index (Phi) is 4.33. The maximum atomic E-state index is 11.1. The SMILES string of the molecule is CCN(CCNc1nc(N)nc(C)c1[N+](=O)[O-])C1CC1. The molecule has 0 saturated heterocycles. The van der Waals surface area contributed by atoms with Gasteiger partial charge in [-0.15, -0.1) is 0 Å². The first-order valence-electron chi connectivity index (χ1n) is 6.79. The molecule has 0 aliphatic heterocycles. The van der Waals surface area contributed by atoms with Crippen molar-refractivity contribution in [3.63, 3.8) is 0 Å². The molecule has 1 aliphatic carbocycles. The van der Waals surface area contributed by atoms with Crippen LogP contribution in [0.1, 0.15) is 25.5 Å². The molecular weight excluding hydrogens is 260 g/mol. The Hall–Kier alpha value is -1.96. The van der Waals surface area contributed by atoms with E-state index in [9.17, 15) is 10.1 Å². The van der Waals surface area contributed by atoms with Gasteiger partial charge in [-0.3, -0.25) is 15.0 Å². The highest BCUT2D eigenvalue weighted by molar-refractivity contribution is 5.60. The fourth-order valence-electron chi connectivity index (χ4n) is 2.29. The molecule has 0 spiro atoms. The van der Waals surface area contributed by atoms with Gasteiger partial charge in [-0.1, -0.05) is 6.92 Å². The molecule has 1 aromatic rings. The van der Waals surface area contributed by atoms with Gasteiger partial charge in [0.15, 0.2) is 0 Å². The third kappa shape index (κ3) is 3.32. The van der Waals surface area contributed by atoms with Gasteiger partial charge in [0.2, 0.25) is 11.8 Å². The summed E-state index contributed by atoms with van der Waals surface area (Å²) < 4.78 is 0. The summed E-state index contributed by atoms with van der Waals surface area (Å²) >= 11 is 0. The molecule has 1 aliphatic rings. The van der Waals surface area contributed by atoms with Crippen LogP contribution >= 0.6 is 0 Å². The maximum absolute atomic E-state index is 11.1. The first-order valence-corrected chi connectivity index (χ1v) is 6.79. The van der Waals surface area contributed by atoms with Crippen LogP contribution in [0, 0.1) is 17.0 Å². The van der Waals surface area contributed by atoms with Crippen LogP contribution in [-0.2, 0) is 0 Å². The zero-order valence-electron chi connectivity index (χ0n) is 11.8. The van der Waals surface area contributed by atoms with Gasteiger partial charge in [-0.05, 0) is 26.3 Å². The van der Waals surface area contributed by atoms with Crippen molar-refractivity contribution in [2.45, 2.75) is 32.7 Å². The molecular formula is C12H20N6O2. The highest BCUT2D eigenvalue weighted by Gasteiger charge is 2.27. The fourth-order valence-corrected chi connectivity index (χ4v) is 2.29. The lowest BCUT2D eigenvalue weighted by molar-refractivity contribution is -0.385. The summed E-state index contributed by atoms with van der Waals surface area (Å²) in [5.74, 6) is 0.247. The first kappa shape index (κ1) is 14.4. The molecule has 1 fully saturated rings.